The Kier molecular flexibility index (Phi) is 3.88. The molecule has 0 atom stereocenters. The minimum Gasteiger partial charge on any atom is -0.282 e. The highest BCUT2D eigenvalue weighted by Gasteiger charge is 2.14. The fourth-order valence-electron chi connectivity index (χ4n) is 1.52. The SMILES string of the molecule is CCCCc1cc(C)ccc1S(=O)(=O)O. The van der Waals surface area contributed by atoms with Gasteiger partial charge in [0.2, 0.25) is 0 Å². The summed E-state index contributed by atoms with van der Waals surface area (Å²) < 4.78 is 31.2. The van der Waals surface area contributed by atoms with Crippen molar-refractivity contribution in [3.05, 3.63) is 29.3 Å². The van der Waals surface area contributed by atoms with E-state index < -0.39 is 10.1 Å². The van der Waals surface area contributed by atoms with Gasteiger partial charge in [-0.15, -0.1) is 0 Å². The molecule has 0 aliphatic rings. The van der Waals surface area contributed by atoms with Gasteiger partial charge in [0, 0.05) is 0 Å². The van der Waals surface area contributed by atoms with Crippen molar-refractivity contribution in [3.63, 3.8) is 0 Å². The molecule has 3 nitrogen and oxygen atoms in total. The summed E-state index contributed by atoms with van der Waals surface area (Å²) in [5.41, 5.74) is 1.72. The van der Waals surface area contributed by atoms with Gasteiger partial charge in [0.1, 0.15) is 0 Å². The molecule has 0 aromatic heterocycles. The summed E-state index contributed by atoms with van der Waals surface area (Å²) in [5, 5.41) is 0. The fraction of sp³-hybridized carbons (Fsp3) is 0.455. The molecule has 1 aromatic rings. The molecule has 0 fully saturated rings. The maximum atomic E-state index is 11.1. The second-order valence-electron chi connectivity index (χ2n) is 3.69. The van der Waals surface area contributed by atoms with E-state index >= 15 is 0 Å². The van der Waals surface area contributed by atoms with Gasteiger partial charge in [0.15, 0.2) is 0 Å². The predicted molar refractivity (Wildman–Crippen MR) is 59.6 cm³/mol. The van der Waals surface area contributed by atoms with Gasteiger partial charge >= 0.3 is 0 Å². The van der Waals surface area contributed by atoms with Crippen LogP contribution in [0.2, 0.25) is 0 Å². The van der Waals surface area contributed by atoms with Gasteiger partial charge in [0.25, 0.3) is 10.1 Å². The normalized spacial score (nSPS) is 11.7. The molecule has 0 unspecified atom stereocenters. The molecule has 0 bridgehead atoms. The zero-order chi connectivity index (χ0) is 11.5. The first kappa shape index (κ1) is 12.2. The summed E-state index contributed by atoms with van der Waals surface area (Å²) in [7, 11) is -4.08. The van der Waals surface area contributed by atoms with E-state index in [-0.39, 0.29) is 4.90 Å². The van der Waals surface area contributed by atoms with Crippen LogP contribution in [0, 0.1) is 6.92 Å². The molecular formula is C11H16O3S. The van der Waals surface area contributed by atoms with Gasteiger partial charge in [-0.3, -0.25) is 4.55 Å². The first-order chi connectivity index (χ1) is 6.95. The molecule has 0 saturated heterocycles. The van der Waals surface area contributed by atoms with E-state index in [1.165, 1.54) is 6.07 Å². The molecule has 0 heterocycles. The van der Waals surface area contributed by atoms with E-state index in [4.69, 9.17) is 4.55 Å². The van der Waals surface area contributed by atoms with Crippen molar-refractivity contribution in [2.45, 2.75) is 38.0 Å². The standard InChI is InChI=1S/C11H16O3S/c1-3-4-5-10-8-9(2)6-7-11(10)15(12,13)14/h6-8H,3-5H2,1-2H3,(H,12,13,14). The van der Waals surface area contributed by atoms with E-state index in [2.05, 4.69) is 0 Å². The Morgan fingerprint density at radius 1 is 1.33 bits per heavy atom. The molecule has 15 heavy (non-hydrogen) atoms. The van der Waals surface area contributed by atoms with Crippen molar-refractivity contribution in [2.24, 2.45) is 0 Å². The molecule has 1 rings (SSSR count). The monoisotopic (exact) mass is 228 g/mol. The van der Waals surface area contributed by atoms with Crippen molar-refractivity contribution in [3.8, 4) is 0 Å². The Balaban J connectivity index is 3.15. The number of rotatable bonds is 4. The van der Waals surface area contributed by atoms with Crippen molar-refractivity contribution in [1.82, 2.24) is 0 Å². The van der Waals surface area contributed by atoms with Crippen LogP contribution in [-0.4, -0.2) is 13.0 Å². The van der Waals surface area contributed by atoms with Gasteiger partial charge in [-0.2, -0.15) is 8.42 Å². The molecule has 0 spiro atoms. The lowest BCUT2D eigenvalue weighted by atomic mass is 10.1. The van der Waals surface area contributed by atoms with E-state index in [0.29, 0.717) is 12.0 Å². The molecule has 1 aromatic carbocycles. The second-order valence-corrected chi connectivity index (χ2v) is 5.08. The van der Waals surface area contributed by atoms with Crippen LogP contribution in [-0.2, 0) is 16.5 Å². The third-order valence-corrected chi connectivity index (χ3v) is 3.25. The minimum atomic E-state index is -4.08. The van der Waals surface area contributed by atoms with Gasteiger partial charge in [-0.25, -0.2) is 0 Å². The van der Waals surface area contributed by atoms with E-state index in [1.54, 1.807) is 6.07 Å². The number of aryl methyl sites for hydroxylation is 2. The van der Waals surface area contributed by atoms with Crippen molar-refractivity contribution < 1.29 is 13.0 Å². The highest BCUT2D eigenvalue weighted by Crippen LogP contribution is 2.19. The average molecular weight is 228 g/mol. The number of benzene rings is 1. The maximum absolute atomic E-state index is 11.1. The Hall–Kier alpha value is -0.870. The Bertz CT molecular complexity index is 435. The fourth-order valence-corrected chi connectivity index (χ4v) is 2.25. The molecule has 0 radical (unpaired) electrons. The molecule has 84 valence electrons. The quantitative estimate of drug-likeness (QED) is 0.806. The van der Waals surface area contributed by atoms with E-state index in [9.17, 15) is 8.42 Å². The van der Waals surface area contributed by atoms with Crippen LogP contribution in [0.4, 0.5) is 0 Å². The smallest absolute Gasteiger partial charge is 0.282 e. The highest BCUT2D eigenvalue weighted by atomic mass is 32.2. The van der Waals surface area contributed by atoms with Gasteiger partial charge in [-0.1, -0.05) is 31.0 Å². The Morgan fingerprint density at radius 3 is 2.53 bits per heavy atom. The lowest BCUT2D eigenvalue weighted by Gasteiger charge is -2.07. The van der Waals surface area contributed by atoms with Crippen LogP contribution in [0.25, 0.3) is 0 Å². The van der Waals surface area contributed by atoms with Crippen LogP contribution in [0.15, 0.2) is 23.1 Å². The summed E-state index contributed by atoms with van der Waals surface area (Å²) in [5.74, 6) is 0. The summed E-state index contributed by atoms with van der Waals surface area (Å²) in [6.07, 6.45) is 2.61. The summed E-state index contributed by atoms with van der Waals surface area (Å²) in [6, 6.07) is 4.98. The zero-order valence-electron chi connectivity index (χ0n) is 9.03. The molecular weight excluding hydrogens is 212 g/mol. The number of hydrogen-bond acceptors (Lipinski definition) is 2. The van der Waals surface area contributed by atoms with Crippen LogP contribution in [0.5, 0.6) is 0 Å². The third-order valence-electron chi connectivity index (χ3n) is 2.29. The van der Waals surface area contributed by atoms with Crippen LogP contribution in [0.1, 0.15) is 30.9 Å². The number of unbranched alkanes of at least 4 members (excludes halogenated alkanes) is 1. The zero-order valence-corrected chi connectivity index (χ0v) is 9.84. The first-order valence-electron chi connectivity index (χ1n) is 5.02. The summed E-state index contributed by atoms with van der Waals surface area (Å²) >= 11 is 0. The average Bonchev–Trinajstić information content (AvgIpc) is 2.12. The first-order valence-corrected chi connectivity index (χ1v) is 6.46. The number of hydrogen-bond donors (Lipinski definition) is 1. The van der Waals surface area contributed by atoms with Crippen molar-refractivity contribution in [2.75, 3.05) is 0 Å². The minimum absolute atomic E-state index is 0.0431. The summed E-state index contributed by atoms with van der Waals surface area (Å²) in [6.45, 7) is 3.95. The van der Waals surface area contributed by atoms with Crippen molar-refractivity contribution in [1.29, 1.82) is 0 Å². The van der Waals surface area contributed by atoms with E-state index in [0.717, 1.165) is 18.4 Å². The topological polar surface area (TPSA) is 54.4 Å². The molecule has 0 aliphatic carbocycles. The lowest BCUT2D eigenvalue weighted by Crippen LogP contribution is -2.03. The van der Waals surface area contributed by atoms with Crippen LogP contribution in [0.3, 0.4) is 0 Å². The van der Waals surface area contributed by atoms with Gasteiger partial charge < -0.3 is 0 Å². The van der Waals surface area contributed by atoms with Crippen molar-refractivity contribution >= 4 is 10.1 Å². The van der Waals surface area contributed by atoms with Gasteiger partial charge in [0.05, 0.1) is 4.90 Å². The Morgan fingerprint density at radius 2 is 2.00 bits per heavy atom. The molecule has 0 saturated carbocycles. The molecule has 0 aliphatic heterocycles. The van der Waals surface area contributed by atoms with E-state index in [1.807, 2.05) is 19.9 Å². The third kappa shape index (κ3) is 3.32. The lowest BCUT2D eigenvalue weighted by molar-refractivity contribution is 0.482. The highest BCUT2D eigenvalue weighted by molar-refractivity contribution is 7.85. The molecule has 4 heteroatoms. The largest absolute Gasteiger partial charge is 0.294 e. The maximum Gasteiger partial charge on any atom is 0.294 e. The Labute approximate surface area is 90.9 Å². The molecule has 0 amide bonds. The van der Waals surface area contributed by atoms with Gasteiger partial charge in [-0.05, 0) is 31.4 Å². The summed E-state index contributed by atoms with van der Waals surface area (Å²) in [4.78, 5) is 0.0431. The second kappa shape index (κ2) is 4.77. The predicted octanol–water partition coefficient (Wildman–Crippen LogP) is 2.58. The van der Waals surface area contributed by atoms with Crippen LogP contribution >= 0.6 is 0 Å². The molecule has 1 N–H and O–H groups in total. The van der Waals surface area contributed by atoms with Crippen LogP contribution < -0.4 is 0 Å².